The molecule has 0 aliphatic rings. The minimum Gasteiger partial charge on any atom is -0.277 e. The van der Waals surface area contributed by atoms with Crippen LogP contribution in [0.2, 0.25) is 25.7 Å². The number of rotatable bonds is 6. The van der Waals surface area contributed by atoms with E-state index in [-0.39, 0.29) is 17.1 Å². The van der Waals surface area contributed by atoms with Gasteiger partial charge in [-0.15, -0.1) is 0 Å². The molecule has 0 atom stereocenters. The van der Waals surface area contributed by atoms with E-state index in [0.29, 0.717) is 6.04 Å². The standard InChI is InChI=1S/C11H18N2O4SSi/c1-19(2,3)9-8-18(16,17)12-10-6-4-5-7-11(10)13(14)15/h4-7,12H,8-9H2,1-3H3. The van der Waals surface area contributed by atoms with Crippen molar-refractivity contribution in [2.24, 2.45) is 0 Å². The molecule has 106 valence electrons. The van der Waals surface area contributed by atoms with E-state index in [2.05, 4.69) is 24.4 Å². The van der Waals surface area contributed by atoms with Crippen LogP contribution in [0.5, 0.6) is 0 Å². The van der Waals surface area contributed by atoms with E-state index >= 15 is 0 Å². The quantitative estimate of drug-likeness (QED) is 0.497. The van der Waals surface area contributed by atoms with E-state index in [4.69, 9.17) is 0 Å². The molecule has 1 aromatic carbocycles. The molecule has 6 nitrogen and oxygen atoms in total. The van der Waals surface area contributed by atoms with Crippen molar-refractivity contribution in [1.29, 1.82) is 0 Å². The molecule has 0 aliphatic carbocycles. The molecule has 1 rings (SSSR count). The van der Waals surface area contributed by atoms with Crippen LogP contribution in [-0.4, -0.2) is 27.2 Å². The van der Waals surface area contributed by atoms with Gasteiger partial charge < -0.3 is 0 Å². The Morgan fingerprint density at radius 3 is 2.37 bits per heavy atom. The summed E-state index contributed by atoms with van der Waals surface area (Å²) in [5.74, 6) is -0.00519. The Labute approximate surface area is 114 Å². The molecule has 1 N–H and O–H groups in total. The number of nitrogens with one attached hydrogen (secondary N) is 1. The van der Waals surface area contributed by atoms with Crippen LogP contribution < -0.4 is 4.72 Å². The second-order valence-corrected chi connectivity index (χ2v) is 13.0. The molecule has 0 aromatic heterocycles. The maximum atomic E-state index is 11.9. The molecule has 0 saturated heterocycles. The summed E-state index contributed by atoms with van der Waals surface area (Å²) in [5, 5.41) is 10.8. The van der Waals surface area contributed by atoms with Gasteiger partial charge in [-0.25, -0.2) is 8.42 Å². The molecule has 0 heterocycles. The van der Waals surface area contributed by atoms with Gasteiger partial charge in [0.25, 0.3) is 5.69 Å². The number of para-hydroxylation sites is 2. The number of sulfonamides is 1. The Hall–Kier alpha value is -1.41. The summed E-state index contributed by atoms with van der Waals surface area (Å²) >= 11 is 0. The maximum absolute atomic E-state index is 11.9. The summed E-state index contributed by atoms with van der Waals surface area (Å²) in [7, 11) is -5.02. The minimum absolute atomic E-state index is 0.00519. The third kappa shape index (κ3) is 5.39. The maximum Gasteiger partial charge on any atom is 0.293 e. The summed E-state index contributed by atoms with van der Waals surface area (Å²) < 4.78 is 26.1. The lowest BCUT2D eigenvalue weighted by molar-refractivity contribution is -0.383. The third-order valence-electron chi connectivity index (χ3n) is 2.49. The summed E-state index contributed by atoms with van der Waals surface area (Å²) in [6.07, 6.45) is 0. The normalized spacial score (nSPS) is 12.2. The van der Waals surface area contributed by atoms with Gasteiger partial charge in [-0.1, -0.05) is 31.8 Å². The van der Waals surface area contributed by atoms with Crippen molar-refractivity contribution in [3.05, 3.63) is 34.4 Å². The first-order chi connectivity index (χ1) is 8.61. The monoisotopic (exact) mass is 302 g/mol. The first-order valence-corrected chi connectivity index (χ1v) is 11.2. The van der Waals surface area contributed by atoms with Gasteiger partial charge >= 0.3 is 0 Å². The first-order valence-electron chi connectivity index (χ1n) is 5.85. The second kappa shape index (κ2) is 5.70. The molecular formula is C11H18N2O4SSi. The Morgan fingerprint density at radius 2 is 1.84 bits per heavy atom. The van der Waals surface area contributed by atoms with Crippen molar-refractivity contribution in [1.82, 2.24) is 0 Å². The highest BCUT2D eigenvalue weighted by atomic mass is 32.2. The highest BCUT2D eigenvalue weighted by Crippen LogP contribution is 2.24. The van der Waals surface area contributed by atoms with Crippen LogP contribution in [0.1, 0.15) is 0 Å². The van der Waals surface area contributed by atoms with E-state index in [1.165, 1.54) is 18.2 Å². The van der Waals surface area contributed by atoms with E-state index in [1.807, 2.05) is 0 Å². The highest BCUT2D eigenvalue weighted by molar-refractivity contribution is 7.92. The van der Waals surface area contributed by atoms with E-state index in [1.54, 1.807) is 6.07 Å². The van der Waals surface area contributed by atoms with E-state index < -0.39 is 23.0 Å². The number of nitro groups is 1. The van der Waals surface area contributed by atoms with Crippen molar-refractivity contribution in [3.63, 3.8) is 0 Å². The largest absolute Gasteiger partial charge is 0.293 e. The fourth-order valence-corrected chi connectivity index (χ4v) is 5.51. The molecule has 0 aliphatic heterocycles. The van der Waals surface area contributed by atoms with Crippen LogP contribution in [0.3, 0.4) is 0 Å². The van der Waals surface area contributed by atoms with Crippen molar-refractivity contribution < 1.29 is 13.3 Å². The van der Waals surface area contributed by atoms with Gasteiger partial charge in [0.1, 0.15) is 5.69 Å². The summed E-state index contributed by atoms with van der Waals surface area (Å²) in [6.45, 7) is 6.23. The Balaban J connectivity index is 2.87. The van der Waals surface area contributed by atoms with Crippen LogP contribution in [0.25, 0.3) is 0 Å². The lowest BCUT2D eigenvalue weighted by Gasteiger charge is -2.16. The summed E-state index contributed by atoms with van der Waals surface area (Å²) in [4.78, 5) is 10.2. The Bertz CT molecular complexity index is 566. The summed E-state index contributed by atoms with van der Waals surface area (Å²) in [6, 6.07) is 6.34. The van der Waals surface area contributed by atoms with Gasteiger partial charge in [0.15, 0.2) is 0 Å². The van der Waals surface area contributed by atoms with Crippen molar-refractivity contribution in [2.75, 3.05) is 10.5 Å². The second-order valence-electron chi connectivity index (χ2n) is 5.51. The molecule has 0 fully saturated rings. The zero-order valence-electron chi connectivity index (χ0n) is 11.2. The molecule has 0 bridgehead atoms. The predicted molar refractivity (Wildman–Crippen MR) is 78.7 cm³/mol. The Kier molecular flexibility index (Phi) is 4.69. The van der Waals surface area contributed by atoms with Crippen LogP contribution in [0, 0.1) is 10.1 Å². The fraction of sp³-hybridized carbons (Fsp3) is 0.455. The zero-order chi connectivity index (χ0) is 14.7. The molecule has 0 spiro atoms. The lowest BCUT2D eigenvalue weighted by Crippen LogP contribution is -2.26. The smallest absolute Gasteiger partial charge is 0.277 e. The average Bonchev–Trinajstić information content (AvgIpc) is 2.26. The zero-order valence-corrected chi connectivity index (χ0v) is 13.0. The number of hydrogen-bond acceptors (Lipinski definition) is 4. The van der Waals surface area contributed by atoms with Crippen molar-refractivity contribution in [2.45, 2.75) is 25.7 Å². The molecule has 8 heteroatoms. The van der Waals surface area contributed by atoms with Crippen LogP contribution in [0.4, 0.5) is 11.4 Å². The van der Waals surface area contributed by atoms with Gasteiger partial charge in [0, 0.05) is 14.1 Å². The van der Waals surface area contributed by atoms with Gasteiger partial charge in [-0.3, -0.25) is 14.8 Å². The minimum atomic E-state index is -3.54. The van der Waals surface area contributed by atoms with Crippen molar-refractivity contribution in [3.8, 4) is 0 Å². The molecule has 1 aromatic rings. The molecule has 0 saturated carbocycles. The molecule has 0 amide bonds. The number of anilines is 1. The van der Waals surface area contributed by atoms with Crippen LogP contribution >= 0.6 is 0 Å². The number of nitro benzene ring substituents is 1. The number of hydrogen-bond donors (Lipinski definition) is 1. The van der Waals surface area contributed by atoms with Gasteiger partial charge in [0.05, 0.1) is 10.7 Å². The first kappa shape index (κ1) is 15.6. The molecule has 0 unspecified atom stereocenters. The number of benzene rings is 1. The topological polar surface area (TPSA) is 89.3 Å². The average molecular weight is 302 g/mol. The van der Waals surface area contributed by atoms with Crippen LogP contribution in [-0.2, 0) is 10.0 Å². The number of nitrogens with zero attached hydrogens (tertiary/aromatic N) is 1. The third-order valence-corrected chi connectivity index (χ3v) is 5.87. The van der Waals surface area contributed by atoms with E-state index in [9.17, 15) is 18.5 Å². The van der Waals surface area contributed by atoms with Crippen molar-refractivity contribution >= 4 is 29.5 Å². The van der Waals surface area contributed by atoms with Crippen LogP contribution in [0.15, 0.2) is 24.3 Å². The SMILES string of the molecule is C[Si](C)(C)CCS(=O)(=O)Nc1ccccc1[N+](=O)[O-]. The molecule has 19 heavy (non-hydrogen) atoms. The van der Waals surface area contributed by atoms with Gasteiger partial charge in [-0.2, -0.15) is 0 Å². The highest BCUT2D eigenvalue weighted by Gasteiger charge is 2.21. The predicted octanol–water partition coefficient (Wildman–Crippen LogP) is 2.67. The van der Waals surface area contributed by atoms with E-state index in [0.717, 1.165) is 0 Å². The lowest BCUT2D eigenvalue weighted by atomic mass is 10.3. The fourth-order valence-electron chi connectivity index (χ4n) is 1.38. The molecule has 0 radical (unpaired) electrons. The van der Waals surface area contributed by atoms with Gasteiger partial charge in [-0.05, 0) is 12.1 Å². The summed E-state index contributed by atoms with van der Waals surface area (Å²) in [5.41, 5.74) is -0.220. The van der Waals surface area contributed by atoms with Gasteiger partial charge in [0.2, 0.25) is 10.0 Å². The molecular weight excluding hydrogens is 284 g/mol. The Morgan fingerprint density at radius 1 is 1.26 bits per heavy atom.